The Morgan fingerprint density at radius 3 is 2.45 bits per heavy atom. The molecular weight excluding hydrogens is 546 g/mol. The minimum absolute atomic E-state index is 0.175. The van der Waals surface area contributed by atoms with Crippen LogP contribution in [0.3, 0.4) is 0 Å². The van der Waals surface area contributed by atoms with Crippen molar-refractivity contribution in [3.05, 3.63) is 0 Å². The van der Waals surface area contributed by atoms with Crippen molar-refractivity contribution in [2.45, 2.75) is 156 Å². The van der Waals surface area contributed by atoms with E-state index in [0.717, 1.165) is 49.1 Å². The SMILES string of the molecule is CCOC(=O)N[C@H](CNC1CC[C@@]2(C)C(CC[C@@H]3C2CC[C@@]2(C)C3C[C@@H]3O[C@H](NC[C@@H](C)CC)C(C)C32)C1)CC1CCCC1. The zero-order valence-electron chi connectivity index (χ0n) is 29.2. The predicted molar refractivity (Wildman–Crippen MR) is 178 cm³/mol. The van der Waals surface area contributed by atoms with E-state index in [2.05, 4.69) is 50.6 Å². The van der Waals surface area contributed by atoms with Gasteiger partial charge in [0, 0.05) is 31.1 Å². The lowest BCUT2D eigenvalue weighted by atomic mass is 9.44. The number of fused-ring (bicyclic) bond motifs is 7. The van der Waals surface area contributed by atoms with Crippen molar-refractivity contribution < 1.29 is 14.3 Å². The first-order valence-electron chi connectivity index (χ1n) is 19.2. The molecule has 0 radical (unpaired) electrons. The van der Waals surface area contributed by atoms with Gasteiger partial charge in [-0.05, 0) is 117 Å². The highest BCUT2D eigenvalue weighted by molar-refractivity contribution is 5.67. The van der Waals surface area contributed by atoms with Crippen LogP contribution in [0, 0.1) is 58.2 Å². The van der Waals surface area contributed by atoms with Crippen molar-refractivity contribution in [2.24, 2.45) is 58.2 Å². The van der Waals surface area contributed by atoms with Gasteiger partial charge in [0.1, 0.15) is 6.23 Å². The Labute approximate surface area is 269 Å². The van der Waals surface area contributed by atoms with E-state index in [1.165, 1.54) is 83.5 Å². The molecular formula is C38H67N3O3. The first kappa shape index (κ1) is 33.1. The molecule has 1 saturated heterocycles. The minimum Gasteiger partial charge on any atom is -0.450 e. The lowest BCUT2D eigenvalue weighted by molar-refractivity contribution is -0.119. The van der Waals surface area contributed by atoms with Crippen molar-refractivity contribution in [2.75, 3.05) is 19.7 Å². The molecule has 0 spiro atoms. The van der Waals surface area contributed by atoms with Gasteiger partial charge in [0.25, 0.3) is 0 Å². The molecule has 6 aliphatic rings. The summed E-state index contributed by atoms with van der Waals surface area (Å²) in [5.41, 5.74) is 0.930. The van der Waals surface area contributed by atoms with Gasteiger partial charge in [-0.1, -0.05) is 66.7 Å². The third-order valence-electron chi connectivity index (χ3n) is 14.8. The highest BCUT2D eigenvalue weighted by atomic mass is 16.5. The Bertz CT molecular complexity index is 971. The van der Waals surface area contributed by atoms with Crippen LogP contribution in [0.15, 0.2) is 0 Å². The second-order valence-electron chi connectivity index (χ2n) is 17.2. The second kappa shape index (κ2) is 13.7. The number of ether oxygens (including phenoxy) is 2. The van der Waals surface area contributed by atoms with Crippen molar-refractivity contribution >= 4 is 6.09 Å². The number of amides is 1. The summed E-state index contributed by atoms with van der Waals surface area (Å²) in [6.07, 6.45) is 19.0. The van der Waals surface area contributed by atoms with E-state index >= 15 is 0 Å². The van der Waals surface area contributed by atoms with Gasteiger partial charge >= 0.3 is 6.09 Å². The number of carbonyl (C=O) groups is 1. The minimum atomic E-state index is -0.246. The molecule has 1 aliphatic heterocycles. The first-order valence-corrected chi connectivity index (χ1v) is 19.2. The fraction of sp³-hybridized carbons (Fsp3) is 0.974. The van der Waals surface area contributed by atoms with Crippen molar-refractivity contribution in [3.63, 3.8) is 0 Å². The number of carbonyl (C=O) groups excluding carboxylic acids is 1. The number of hydrogen-bond acceptors (Lipinski definition) is 5. The van der Waals surface area contributed by atoms with E-state index in [4.69, 9.17) is 9.47 Å². The van der Waals surface area contributed by atoms with Gasteiger partial charge in [-0.15, -0.1) is 0 Å². The molecule has 0 aromatic rings. The van der Waals surface area contributed by atoms with E-state index in [0.29, 0.717) is 47.3 Å². The first-order chi connectivity index (χ1) is 21.2. The maximum Gasteiger partial charge on any atom is 0.407 e. The van der Waals surface area contributed by atoms with Crippen LogP contribution in [0.25, 0.3) is 0 Å². The topological polar surface area (TPSA) is 71.6 Å². The Hall–Kier alpha value is -0.850. The van der Waals surface area contributed by atoms with Crippen LogP contribution in [-0.4, -0.2) is 50.2 Å². The third kappa shape index (κ3) is 6.36. The fourth-order valence-corrected chi connectivity index (χ4v) is 12.2. The lowest BCUT2D eigenvalue weighted by Crippen LogP contribution is -2.56. The summed E-state index contributed by atoms with van der Waals surface area (Å²) in [6, 6.07) is 0.752. The summed E-state index contributed by atoms with van der Waals surface area (Å²) in [5, 5.41) is 11.0. The number of hydrogen-bond donors (Lipinski definition) is 3. The molecule has 6 rings (SSSR count). The fourth-order valence-electron chi connectivity index (χ4n) is 12.2. The zero-order chi connectivity index (χ0) is 31.1. The molecule has 6 nitrogen and oxygen atoms in total. The van der Waals surface area contributed by atoms with E-state index in [9.17, 15) is 4.79 Å². The summed E-state index contributed by atoms with van der Waals surface area (Å²) >= 11 is 0. The summed E-state index contributed by atoms with van der Waals surface area (Å²) in [7, 11) is 0. The van der Waals surface area contributed by atoms with Gasteiger partial charge in [-0.2, -0.15) is 0 Å². The van der Waals surface area contributed by atoms with Crippen LogP contribution in [0.5, 0.6) is 0 Å². The molecule has 1 amide bonds. The molecule has 3 N–H and O–H groups in total. The number of rotatable bonds is 11. The average molecular weight is 614 g/mol. The molecule has 252 valence electrons. The highest BCUT2D eigenvalue weighted by Crippen LogP contribution is 2.69. The standard InChI is InChI=1S/C38H67N3O3/c1-7-24(3)22-40-35-25(4)34-33(44-35)21-32-30-14-13-27-20-28(15-17-37(27,5)31(30)16-18-38(32,34)6)39-23-29(41-36(42)43-8-2)19-26-11-9-10-12-26/h24-35,39-40H,7-23H2,1-6H3,(H,41,42)/t24-,25?,27?,28?,29-,30+,31?,32?,33-,34?,35-,37-,38-/m0/s1. The summed E-state index contributed by atoms with van der Waals surface area (Å²) < 4.78 is 12.1. The molecule has 1 heterocycles. The van der Waals surface area contributed by atoms with E-state index in [1.807, 2.05) is 6.92 Å². The lowest BCUT2D eigenvalue weighted by Gasteiger charge is -2.61. The second-order valence-corrected chi connectivity index (χ2v) is 17.2. The normalized spacial score (nSPS) is 44.7. The van der Waals surface area contributed by atoms with Gasteiger partial charge in [0.2, 0.25) is 0 Å². The Balaban J connectivity index is 1.05. The Morgan fingerprint density at radius 1 is 0.932 bits per heavy atom. The van der Waals surface area contributed by atoms with Crippen LogP contribution < -0.4 is 16.0 Å². The van der Waals surface area contributed by atoms with Crippen molar-refractivity contribution in [1.29, 1.82) is 0 Å². The smallest absolute Gasteiger partial charge is 0.407 e. The number of alkyl carbamates (subject to hydrolysis) is 1. The van der Waals surface area contributed by atoms with E-state index in [-0.39, 0.29) is 18.4 Å². The molecule has 6 heteroatoms. The largest absolute Gasteiger partial charge is 0.450 e. The average Bonchev–Trinajstić information content (AvgIpc) is 3.70. The quantitative estimate of drug-likeness (QED) is 0.221. The summed E-state index contributed by atoms with van der Waals surface area (Å²) in [4.78, 5) is 12.3. The molecule has 0 aromatic heterocycles. The van der Waals surface area contributed by atoms with Crippen LogP contribution in [-0.2, 0) is 9.47 Å². The maximum absolute atomic E-state index is 12.3. The van der Waals surface area contributed by atoms with Crippen molar-refractivity contribution in [3.8, 4) is 0 Å². The number of nitrogens with one attached hydrogen (secondary N) is 3. The zero-order valence-corrected chi connectivity index (χ0v) is 29.2. The van der Waals surface area contributed by atoms with E-state index in [1.54, 1.807) is 0 Å². The predicted octanol–water partition coefficient (Wildman–Crippen LogP) is 7.91. The molecule has 44 heavy (non-hydrogen) atoms. The molecule has 0 aromatic carbocycles. The highest BCUT2D eigenvalue weighted by Gasteiger charge is 2.65. The Morgan fingerprint density at radius 2 is 1.70 bits per heavy atom. The van der Waals surface area contributed by atoms with Crippen LogP contribution >= 0.6 is 0 Å². The maximum atomic E-state index is 12.3. The van der Waals surface area contributed by atoms with Crippen LogP contribution in [0.2, 0.25) is 0 Å². The van der Waals surface area contributed by atoms with Gasteiger partial charge < -0.3 is 20.1 Å². The molecule has 5 aliphatic carbocycles. The van der Waals surface area contributed by atoms with Crippen LogP contribution in [0.4, 0.5) is 4.79 Å². The third-order valence-corrected chi connectivity index (χ3v) is 14.8. The van der Waals surface area contributed by atoms with E-state index < -0.39 is 0 Å². The summed E-state index contributed by atoms with van der Waals surface area (Å²) in [5.74, 6) is 6.23. The van der Waals surface area contributed by atoms with Crippen molar-refractivity contribution in [1.82, 2.24) is 16.0 Å². The van der Waals surface area contributed by atoms with Gasteiger partial charge in [-0.3, -0.25) is 5.32 Å². The Kier molecular flexibility index (Phi) is 10.3. The van der Waals surface area contributed by atoms with Crippen LogP contribution in [0.1, 0.15) is 131 Å². The molecule has 5 saturated carbocycles. The summed E-state index contributed by atoms with van der Waals surface area (Å²) in [6.45, 7) is 16.8. The molecule has 6 fully saturated rings. The van der Waals surface area contributed by atoms with Gasteiger partial charge in [0.05, 0.1) is 12.7 Å². The van der Waals surface area contributed by atoms with Gasteiger partial charge in [-0.25, -0.2) is 4.79 Å². The monoisotopic (exact) mass is 614 g/mol. The van der Waals surface area contributed by atoms with Gasteiger partial charge in [0.15, 0.2) is 0 Å². The molecule has 6 unspecified atom stereocenters. The molecule has 0 bridgehead atoms. The molecule has 13 atom stereocenters.